The molecule has 0 amide bonds. The first kappa shape index (κ1) is 16.3. The van der Waals surface area contributed by atoms with E-state index in [1.54, 1.807) is 12.1 Å². The zero-order chi connectivity index (χ0) is 16.3. The molecular formula is C20H19NO2. The zero-order valence-electron chi connectivity index (χ0n) is 12.7. The second-order valence-corrected chi connectivity index (χ2v) is 4.85. The van der Waals surface area contributed by atoms with Gasteiger partial charge in [-0.2, -0.15) is 0 Å². The molecule has 0 aliphatic heterocycles. The number of hydrogen-bond acceptors (Lipinski definition) is 2. The summed E-state index contributed by atoms with van der Waals surface area (Å²) in [6, 6.07) is 29.7. The van der Waals surface area contributed by atoms with E-state index in [0.29, 0.717) is 0 Å². The van der Waals surface area contributed by atoms with Gasteiger partial charge in [0, 0.05) is 5.69 Å². The van der Waals surface area contributed by atoms with Gasteiger partial charge in [0.15, 0.2) is 6.04 Å². The molecule has 0 spiro atoms. The number of nitrogens with one attached hydrogen (secondary N) is 1. The van der Waals surface area contributed by atoms with Crippen LogP contribution in [0.1, 0.15) is 11.6 Å². The molecule has 3 heteroatoms. The Labute approximate surface area is 136 Å². The van der Waals surface area contributed by atoms with Gasteiger partial charge in [0.25, 0.3) is 0 Å². The lowest BCUT2D eigenvalue weighted by atomic mass is 10.1. The van der Waals surface area contributed by atoms with E-state index in [2.05, 4.69) is 5.32 Å². The van der Waals surface area contributed by atoms with Crippen molar-refractivity contribution in [3.63, 3.8) is 0 Å². The first-order valence-corrected chi connectivity index (χ1v) is 7.37. The van der Waals surface area contributed by atoms with Crippen LogP contribution in [0.4, 0.5) is 5.69 Å². The standard InChI is InChI=1S/C14H13NO2.C6H6/c16-14(17)13(11-7-3-1-4-8-11)15-12-9-5-2-6-10-12;1-2-4-6-5-3-1/h1-10,13,15H,(H,16,17);1-6H. The lowest BCUT2D eigenvalue weighted by Crippen LogP contribution is -2.20. The molecule has 0 bridgehead atoms. The molecule has 1 unspecified atom stereocenters. The van der Waals surface area contributed by atoms with Crippen molar-refractivity contribution in [3.8, 4) is 0 Å². The first-order chi connectivity index (χ1) is 11.3. The second-order valence-electron chi connectivity index (χ2n) is 4.85. The number of para-hydroxylation sites is 1. The van der Waals surface area contributed by atoms with Crippen LogP contribution in [-0.2, 0) is 4.79 Å². The van der Waals surface area contributed by atoms with Crippen molar-refractivity contribution in [2.45, 2.75) is 6.04 Å². The summed E-state index contributed by atoms with van der Waals surface area (Å²) in [5, 5.41) is 12.2. The molecule has 0 aliphatic carbocycles. The Hall–Kier alpha value is -3.07. The first-order valence-electron chi connectivity index (χ1n) is 7.37. The molecule has 0 heterocycles. The van der Waals surface area contributed by atoms with Gasteiger partial charge in [0.05, 0.1) is 0 Å². The number of hydrogen-bond donors (Lipinski definition) is 2. The highest BCUT2D eigenvalue weighted by molar-refractivity contribution is 5.79. The van der Waals surface area contributed by atoms with Crippen LogP contribution in [0.2, 0.25) is 0 Å². The van der Waals surface area contributed by atoms with Crippen molar-refractivity contribution in [1.82, 2.24) is 0 Å². The van der Waals surface area contributed by atoms with Crippen LogP contribution in [0.3, 0.4) is 0 Å². The van der Waals surface area contributed by atoms with Crippen LogP contribution >= 0.6 is 0 Å². The fourth-order valence-corrected chi connectivity index (χ4v) is 2.02. The summed E-state index contributed by atoms with van der Waals surface area (Å²) < 4.78 is 0. The van der Waals surface area contributed by atoms with E-state index in [9.17, 15) is 9.90 Å². The van der Waals surface area contributed by atoms with Crippen molar-refractivity contribution in [1.29, 1.82) is 0 Å². The Kier molecular flexibility index (Phi) is 6.42. The maximum atomic E-state index is 11.2. The Morgan fingerprint density at radius 2 is 1.09 bits per heavy atom. The predicted molar refractivity (Wildman–Crippen MR) is 93.3 cm³/mol. The minimum atomic E-state index is -0.889. The Morgan fingerprint density at radius 3 is 1.52 bits per heavy atom. The van der Waals surface area contributed by atoms with Crippen molar-refractivity contribution >= 4 is 11.7 Å². The molecule has 0 aromatic heterocycles. The zero-order valence-corrected chi connectivity index (χ0v) is 12.7. The molecule has 3 aromatic rings. The summed E-state index contributed by atoms with van der Waals surface area (Å²) in [6.07, 6.45) is 0. The van der Waals surface area contributed by atoms with Gasteiger partial charge in [-0.3, -0.25) is 0 Å². The Morgan fingerprint density at radius 1 is 0.696 bits per heavy atom. The third-order valence-electron chi connectivity index (χ3n) is 3.13. The quantitative estimate of drug-likeness (QED) is 0.740. The fraction of sp³-hybridized carbons (Fsp3) is 0.0500. The molecule has 3 aromatic carbocycles. The van der Waals surface area contributed by atoms with Crippen LogP contribution in [-0.4, -0.2) is 11.1 Å². The van der Waals surface area contributed by atoms with Crippen LogP contribution < -0.4 is 5.32 Å². The number of carboxylic acid groups (broad SMARTS) is 1. The molecule has 23 heavy (non-hydrogen) atoms. The van der Waals surface area contributed by atoms with Gasteiger partial charge in [-0.1, -0.05) is 84.9 Å². The molecule has 3 rings (SSSR count). The van der Waals surface area contributed by atoms with E-state index in [0.717, 1.165) is 11.3 Å². The number of carboxylic acids is 1. The number of aliphatic carboxylic acids is 1. The summed E-state index contributed by atoms with van der Waals surface area (Å²) in [5.41, 5.74) is 1.53. The van der Waals surface area contributed by atoms with E-state index in [1.807, 2.05) is 84.9 Å². The molecule has 0 radical (unpaired) electrons. The van der Waals surface area contributed by atoms with Gasteiger partial charge in [-0.15, -0.1) is 0 Å². The molecule has 3 nitrogen and oxygen atoms in total. The minimum Gasteiger partial charge on any atom is -0.479 e. The van der Waals surface area contributed by atoms with Crippen molar-refractivity contribution in [2.75, 3.05) is 5.32 Å². The fourth-order valence-electron chi connectivity index (χ4n) is 2.02. The average molecular weight is 305 g/mol. The number of benzene rings is 3. The van der Waals surface area contributed by atoms with Crippen molar-refractivity contribution in [2.24, 2.45) is 0 Å². The lowest BCUT2D eigenvalue weighted by molar-refractivity contribution is -0.138. The normalized spacial score (nSPS) is 10.8. The molecule has 2 N–H and O–H groups in total. The van der Waals surface area contributed by atoms with Crippen LogP contribution in [0, 0.1) is 0 Å². The van der Waals surface area contributed by atoms with E-state index in [-0.39, 0.29) is 0 Å². The van der Waals surface area contributed by atoms with Crippen LogP contribution in [0.5, 0.6) is 0 Å². The summed E-state index contributed by atoms with van der Waals surface area (Å²) in [4.78, 5) is 11.2. The summed E-state index contributed by atoms with van der Waals surface area (Å²) in [6.45, 7) is 0. The average Bonchev–Trinajstić information content (AvgIpc) is 2.63. The van der Waals surface area contributed by atoms with Gasteiger partial charge >= 0.3 is 5.97 Å². The lowest BCUT2D eigenvalue weighted by Gasteiger charge is -2.15. The molecule has 0 saturated carbocycles. The van der Waals surface area contributed by atoms with Gasteiger partial charge in [0.2, 0.25) is 0 Å². The maximum Gasteiger partial charge on any atom is 0.330 e. The summed E-state index contributed by atoms with van der Waals surface area (Å²) in [7, 11) is 0. The van der Waals surface area contributed by atoms with E-state index in [1.165, 1.54) is 0 Å². The molecular weight excluding hydrogens is 286 g/mol. The summed E-state index contributed by atoms with van der Waals surface area (Å²) in [5.74, 6) is -0.889. The second kappa shape index (κ2) is 9.05. The van der Waals surface area contributed by atoms with E-state index < -0.39 is 12.0 Å². The topological polar surface area (TPSA) is 49.3 Å². The molecule has 1 atom stereocenters. The van der Waals surface area contributed by atoms with Crippen LogP contribution in [0.15, 0.2) is 97.1 Å². The molecule has 0 fully saturated rings. The highest BCUT2D eigenvalue weighted by atomic mass is 16.4. The third kappa shape index (κ3) is 5.67. The largest absolute Gasteiger partial charge is 0.479 e. The third-order valence-corrected chi connectivity index (χ3v) is 3.13. The molecule has 0 saturated heterocycles. The summed E-state index contributed by atoms with van der Waals surface area (Å²) >= 11 is 0. The van der Waals surface area contributed by atoms with E-state index in [4.69, 9.17) is 0 Å². The van der Waals surface area contributed by atoms with Gasteiger partial charge < -0.3 is 10.4 Å². The Balaban J connectivity index is 0.000000268. The molecule has 116 valence electrons. The number of anilines is 1. The van der Waals surface area contributed by atoms with Gasteiger partial charge in [-0.05, 0) is 17.7 Å². The highest BCUT2D eigenvalue weighted by Gasteiger charge is 2.18. The van der Waals surface area contributed by atoms with Crippen LogP contribution in [0.25, 0.3) is 0 Å². The Bertz CT molecular complexity index is 658. The van der Waals surface area contributed by atoms with E-state index >= 15 is 0 Å². The maximum absolute atomic E-state index is 11.2. The van der Waals surface area contributed by atoms with Crippen molar-refractivity contribution in [3.05, 3.63) is 103 Å². The molecule has 0 aliphatic rings. The smallest absolute Gasteiger partial charge is 0.330 e. The monoisotopic (exact) mass is 305 g/mol. The highest BCUT2D eigenvalue weighted by Crippen LogP contribution is 2.19. The van der Waals surface area contributed by atoms with Gasteiger partial charge in [0.1, 0.15) is 0 Å². The SMILES string of the molecule is O=C(O)C(Nc1ccccc1)c1ccccc1.c1ccccc1. The van der Waals surface area contributed by atoms with Crippen molar-refractivity contribution < 1.29 is 9.90 Å². The van der Waals surface area contributed by atoms with Gasteiger partial charge in [-0.25, -0.2) is 4.79 Å². The number of carbonyl (C=O) groups is 1. The minimum absolute atomic E-state index is 0.724. The predicted octanol–water partition coefficient (Wildman–Crippen LogP) is 4.61. The number of rotatable bonds is 4.